The number of hydrogen-bond donors (Lipinski definition) is 0. The van der Waals surface area contributed by atoms with Crippen LogP contribution in [0.3, 0.4) is 0 Å². The number of benzene rings is 2. The van der Waals surface area contributed by atoms with E-state index < -0.39 is 10.8 Å². The van der Waals surface area contributed by atoms with E-state index in [1.165, 1.54) is 22.5 Å². The molecule has 3 rings (SSSR count). The Kier molecular flexibility index (Phi) is 4.88. The Morgan fingerprint density at radius 1 is 1.13 bits per heavy atom. The fourth-order valence-electron chi connectivity index (χ4n) is 2.39. The predicted octanol–water partition coefficient (Wildman–Crippen LogP) is 4.15. The molecule has 5 heteroatoms. The molecule has 0 radical (unpaired) electrons. The van der Waals surface area contributed by atoms with Gasteiger partial charge in [0.2, 0.25) is 0 Å². The zero-order chi connectivity index (χ0) is 16.2. The highest BCUT2D eigenvalue weighted by atomic mass is 32.2. The van der Waals surface area contributed by atoms with Gasteiger partial charge in [0.1, 0.15) is 5.75 Å². The summed E-state index contributed by atoms with van der Waals surface area (Å²) in [6.45, 7) is 0. The minimum absolute atomic E-state index is 0.666. The Morgan fingerprint density at radius 3 is 2.52 bits per heavy atom. The average Bonchev–Trinajstić information content (AvgIpc) is 3.06. The molecule has 118 valence electrons. The quantitative estimate of drug-likeness (QED) is 0.699. The lowest BCUT2D eigenvalue weighted by Gasteiger charge is -2.08. The number of nitrogens with zero attached hydrogens (tertiary/aromatic N) is 1. The first kappa shape index (κ1) is 15.9. The zero-order valence-electron chi connectivity index (χ0n) is 13.0. The molecule has 0 spiro atoms. The van der Waals surface area contributed by atoms with Gasteiger partial charge in [-0.1, -0.05) is 36.4 Å². The highest BCUT2D eigenvalue weighted by molar-refractivity contribution is 7.86. The molecule has 0 amide bonds. The van der Waals surface area contributed by atoms with Crippen molar-refractivity contribution in [3.05, 3.63) is 65.9 Å². The highest BCUT2D eigenvalue weighted by Gasteiger charge is 2.11. The summed E-state index contributed by atoms with van der Waals surface area (Å²) < 4.78 is 17.4. The van der Waals surface area contributed by atoms with Gasteiger partial charge >= 0.3 is 0 Å². The van der Waals surface area contributed by atoms with Gasteiger partial charge in [-0.25, -0.2) is 4.98 Å². The lowest BCUT2D eigenvalue weighted by Crippen LogP contribution is -1.91. The van der Waals surface area contributed by atoms with E-state index in [2.05, 4.69) is 29.2 Å². The van der Waals surface area contributed by atoms with Crippen LogP contribution in [0.1, 0.15) is 11.1 Å². The van der Waals surface area contributed by atoms with E-state index in [-0.39, 0.29) is 0 Å². The second kappa shape index (κ2) is 7.06. The summed E-state index contributed by atoms with van der Waals surface area (Å²) in [6, 6.07) is 16.4. The van der Waals surface area contributed by atoms with Crippen LogP contribution in [0, 0.1) is 0 Å². The van der Waals surface area contributed by atoms with Crippen molar-refractivity contribution < 1.29 is 8.95 Å². The van der Waals surface area contributed by atoms with Crippen molar-refractivity contribution >= 4 is 22.1 Å². The number of rotatable bonds is 5. The number of thiazole rings is 1. The molecule has 0 aliphatic rings. The summed E-state index contributed by atoms with van der Waals surface area (Å²) >= 11 is 1.49. The minimum atomic E-state index is -1.04. The van der Waals surface area contributed by atoms with Crippen LogP contribution in [0.15, 0.2) is 59.1 Å². The molecule has 3 aromatic rings. The molecule has 0 bridgehead atoms. The Hall–Kier alpha value is -1.98. The van der Waals surface area contributed by atoms with Crippen LogP contribution in [0.25, 0.3) is 10.4 Å². The number of hydrogen-bond acceptors (Lipinski definition) is 4. The second-order valence-corrected chi connectivity index (χ2v) is 7.71. The van der Waals surface area contributed by atoms with Crippen molar-refractivity contribution in [3.8, 4) is 16.2 Å². The standard InChI is InChI=1S/C18H17NO2S2/c1-21-15-9-7-13(8-10-15)11-14-5-3-4-6-16(14)17-12-19-18(22-17)23(2)20/h3-10,12H,11H2,1-2H3. The van der Waals surface area contributed by atoms with Gasteiger partial charge in [-0.05, 0) is 35.2 Å². The number of ether oxygens (including phenoxy) is 1. The zero-order valence-corrected chi connectivity index (χ0v) is 14.6. The topological polar surface area (TPSA) is 39.2 Å². The van der Waals surface area contributed by atoms with E-state index in [4.69, 9.17) is 4.74 Å². The molecule has 0 aliphatic heterocycles. The SMILES string of the molecule is COc1ccc(Cc2ccccc2-c2cnc(S(C)=O)s2)cc1. The molecule has 1 atom stereocenters. The van der Waals surface area contributed by atoms with Crippen molar-refractivity contribution in [1.82, 2.24) is 4.98 Å². The summed E-state index contributed by atoms with van der Waals surface area (Å²) in [5.41, 5.74) is 3.61. The molecule has 1 aromatic heterocycles. The van der Waals surface area contributed by atoms with Crippen LogP contribution in [-0.4, -0.2) is 22.6 Å². The molecule has 0 aliphatic carbocycles. The van der Waals surface area contributed by atoms with Crippen molar-refractivity contribution in [2.45, 2.75) is 10.8 Å². The van der Waals surface area contributed by atoms with Crippen LogP contribution >= 0.6 is 11.3 Å². The summed E-state index contributed by atoms with van der Waals surface area (Å²) in [6.07, 6.45) is 4.31. The third kappa shape index (κ3) is 3.68. The first-order valence-corrected chi connectivity index (χ1v) is 9.55. The second-order valence-electron chi connectivity index (χ2n) is 5.13. The fourth-order valence-corrected chi connectivity index (χ4v) is 4.04. The lowest BCUT2D eigenvalue weighted by atomic mass is 9.99. The van der Waals surface area contributed by atoms with E-state index in [0.29, 0.717) is 4.34 Å². The molecule has 2 aromatic carbocycles. The molecular formula is C18H17NO2S2. The Balaban J connectivity index is 1.91. The van der Waals surface area contributed by atoms with Gasteiger partial charge in [0, 0.05) is 12.5 Å². The van der Waals surface area contributed by atoms with Crippen LogP contribution in [0.5, 0.6) is 5.75 Å². The molecule has 1 unspecified atom stereocenters. The van der Waals surface area contributed by atoms with Gasteiger partial charge < -0.3 is 4.74 Å². The molecule has 1 heterocycles. The lowest BCUT2D eigenvalue weighted by molar-refractivity contribution is 0.414. The van der Waals surface area contributed by atoms with Crippen molar-refractivity contribution in [2.24, 2.45) is 0 Å². The van der Waals surface area contributed by atoms with Crippen molar-refractivity contribution in [3.63, 3.8) is 0 Å². The van der Waals surface area contributed by atoms with E-state index in [9.17, 15) is 4.21 Å². The maximum absolute atomic E-state index is 11.6. The number of methoxy groups -OCH3 is 1. The molecule has 0 saturated heterocycles. The Morgan fingerprint density at radius 2 is 1.87 bits per heavy atom. The highest BCUT2D eigenvalue weighted by Crippen LogP contribution is 2.31. The average molecular weight is 343 g/mol. The Bertz CT molecular complexity index is 825. The van der Waals surface area contributed by atoms with Crippen LogP contribution in [0.4, 0.5) is 0 Å². The van der Waals surface area contributed by atoms with E-state index in [1.807, 2.05) is 30.5 Å². The van der Waals surface area contributed by atoms with Crippen LogP contribution in [0.2, 0.25) is 0 Å². The molecule has 0 fully saturated rings. The van der Waals surface area contributed by atoms with Crippen molar-refractivity contribution in [2.75, 3.05) is 13.4 Å². The van der Waals surface area contributed by atoms with Crippen LogP contribution < -0.4 is 4.74 Å². The largest absolute Gasteiger partial charge is 0.497 e. The van der Waals surface area contributed by atoms with Gasteiger partial charge in [0.15, 0.2) is 4.34 Å². The van der Waals surface area contributed by atoms with Gasteiger partial charge in [0.05, 0.1) is 22.8 Å². The summed E-state index contributed by atoms with van der Waals surface area (Å²) in [4.78, 5) is 5.32. The summed E-state index contributed by atoms with van der Waals surface area (Å²) in [5, 5.41) is 0. The normalized spacial score (nSPS) is 12.1. The predicted molar refractivity (Wildman–Crippen MR) is 95.7 cm³/mol. The van der Waals surface area contributed by atoms with Gasteiger partial charge in [-0.15, -0.1) is 11.3 Å². The summed E-state index contributed by atoms with van der Waals surface area (Å²) in [7, 11) is 0.633. The molecule has 0 N–H and O–H groups in total. The van der Waals surface area contributed by atoms with E-state index in [1.54, 1.807) is 13.4 Å². The van der Waals surface area contributed by atoms with Gasteiger partial charge in [-0.2, -0.15) is 0 Å². The van der Waals surface area contributed by atoms with E-state index >= 15 is 0 Å². The first-order chi connectivity index (χ1) is 11.2. The monoisotopic (exact) mass is 343 g/mol. The van der Waals surface area contributed by atoms with E-state index in [0.717, 1.165) is 22.6 Å². The third-order valence-corrected chi connectivity index (χ3v) is 5.94. The van der Waals surface area contributed by atoms with Crippen molar-refractivity contribution in [1.29, 1.82) is 0 Å². The smallest absolute Gasteiger partial charge is 0.180 e. The summed E-state index contributed by atoms with van der Waals surface area (Å²) in [5.74, 6) is 0.861. The third-order valence-electron chi connectivity index (χ3n) is 3.57. The maximum atomic E-state index is 11.6. The minimum Gasteiger partial charge on any atom is -0.497 e. The molecule has 3 nitrogen and oxygen atoms in total. The van der Waals surface area contributed by atoms with Gasteiger partial charge in [-0.3, -0.25) is 4.21 Å². The van der Waals surface area contributed by atoms with Gasteiger partial charge in [0.25, 0.3) is 0 Å². The van der Waals surface area contributed by atoms with Crippen LogP contribution in [-0.2, 0) is 17.2 Å². The maximum Gasteiger partial charge on any atom is 0.180 e. The first-order valence-electron chi connectivity index (χ1n) is 7.18. The molecular weight excluding hydrogens is 326 g/mol. The fraction of sp³-hybridized carbons (Fsp3) is 0.167. The molecule has 23 heavy (non-hydrogen) atoms. The molecule has 0 saturated carbocycles. The Labute approximate surface area is 142 Å². The number of aromatic nitrogens is 1.